The molecule has 0 atom stereocenters. The number of carbonyl (C=O) groups is 1. The van der Waals surface area contributed by atoms with Crippen LogP contribution >= 0.6 is 22.9 Å². The van der Waals surface area contributed by atoms with Crippen LogP contribution in [0.25, 0.3) is 10.6 Å². The molecule has 0 unspecified atom stereocenters. The topological polar surface area (TPSA) is 76.9 Å². The predicted molar refractivity (Wildman–Crippen MR) is 97.6 cm³/mol. The van der Waals surface area contributed by atoms with Crippen molar-refractivity contribution in [3.63, 3.8) is 0 Å². The summed E-state index contributed by atoms with van der Waals surface area (Å²) in [6.45, 7) is 2.12. The average Bonchev–Trinajstić information content (AvgIpc) is 2.96. The minimum Gasteiger partial charge on any atom is -0.350 e. The van der Waals surface area contributed by atoms with Gasteiger partial charge in [0.25, 0.3) is 5.56 Å². The molecular formula is C17H15ClN4O2S. The Bertz CT molecular complexity index is 967. The van der Waals surface area contributed by atoms with Crippen LogP contribution in [0, 0.1) is 6.92 Å². The van der Waals surface area contributed by atoms with E-state index in [1.807, 2.05) is 31.2 Å². The van der Waals surface area contributed by atoms with E-state index in [4.69, 9.17) is 11.6 Å². The third kappa shape index (κ3) is 4.12. The predicted octanol–water partition coefficient (Wildman–Crippen LogP) is 2.65. The molecular weight excluding hydrogens is 360 g/mol. The number of aryl methyl sites for hydroxylation is 1. The highest BCUT2D eigenvalue weighted by atomic mass is 35.5. The maximum absolute atomic E-state index is 12.0. The maximum Gasteiger partial charge on any atom is 0.267 e. The van der Waals surface area contributed by atoms with Gasteiger partial charge in [-0.25, -0.2) is 9.67 Å². The quantitative estimate of drug-likeness (QED) is 0.744. The van der Waals surface area contributed by atoms with Crippen LogP contribution in [0.1, 0.15) is 10.6 Å². The molecule has 0 fully saturated rings. The minimum absolute atomic E-state index is 0.116. The number of rotatable bonds is 5. The number of nitrogens with zero attached hydrogens (tertiary/aromatic N) is 3. The fourth-order valence-corrected chi connectivity index (χ4v) is 3.54. The Morgan fingerprint density at radius 3 is 2.84 bits per heavy atom. The molecule has 6 nitrogen and oxygen atoms in total. The molecule has 3 aromatic rings. The number of thiazole rings is 1. The van der Waals surface area contributed by atoms with Crippen LogP contribution in [-0.4, -0.2) is 20.7 Å². The first kappa shape index (κ1) is 17.3. The van der Waals surface area contributed by atoms with E-state index in [1.54, 1.807) is 0 Å². The molecule has 25 heavy (non-hydrogen) atoms. The van der Waals surface area contributed by atoms with Crippen molar-refractivity contribution in [1.82, 2.24) is 20.1 Å². The highest BCUT2D eigenvalue weighted by molar-refractivity contribution is 7.15. The third-order valence-corrected chi connectivity index (χ3v) is 5.04. The monoisotopic (exact) mass is 374 g/mol. The molecule has 128 valence electrons. The van der Waals surface area contributed by atoms with Crippen molar-refractivity contribution in [2.24, 2.45) is 0 Å². The second-order valence-electron chi connectivity index (χ2n) is 5.30. The summed E-state index contributed by atoms with van der Waals surface area (Å²) in [6.07, 6.45) is 1.47. The lowest BCUT2D eigenvalue weighted by molar-refractivity contribution is -0.122. The lowest BCUT2D eigenvalue weighted by Crippen LogP contribution is -2.32. The zero-order valence-corrected chi connectivity index (χ0v) is 15.0. The Morgan fingerprint density at radius 1 is 1.28 bits per heavy atom. The van der Waals surface area contributed by atoms with Crippen molar-refractivity contribution >= 4 is 28.8 Å². The van der Waals surface area contributed by atoms with Gasteiger partial charge in [-0.1, -0.05) is 29.8 Å². The number of benzene rings is 1. The first-order valence-electron chi connectivity index (χ1n) is 7.54. The Labute approximate surface area is 153 Å². The Balaban J connectivity index is 1.68. The largest absolute Gasteiger partial charge is 0.350 e. The van der Waals surface area contributed by atoms with Crippen LogP contribution in [0.5, 0.6) is 0 Å². The molecule has 1 N–H and O–H groups in total. The first-order chi connectivity index (χ1) is 12.0. The van der Waals surface area contributed by atoms with Gasteiger partial charge in [0.2, 0.25) is 5.91 Å². The highest BCUT2D eigenvalue weighted by Crippen LogP contribution is 2.32. The summed E-state index contributed by atoms with van der Waals surface area (Å²) in [5.41, 5.74) is 1.40. The summed E-state index contributed by atoms with van der Waals surface area (Å²) in [5.74, 6) is -0.284. The van der Waals surface area contributed by atoms with Crippen LogP contribution in [0.15, 0.2) is 47.4 Å². The average molecular weight is 375 g/mol. The van der Waals surface area contributed by atoms with Gasteiger partial charge in [-0.15, -0.1) is 11.3 Å². The Kier molecular flexibility index (Phi) is 5.25. The van der Waals surface area contributed by atoms with Crippen molar-refractivity contribution in [2.75, 3.05) is 0 Å². The fraction of sp³-hybridized carbons (Fsp3) is 0.176. The van der Waals surface area contributed by atoms with Crippen molar-refractivity contribution in [3.05, 3.63) is 68.5 Å². The molecule has 0 bridgehead atoms. The van der Waals surface area contributed by atoms with E-state index >= 15 is 0 Å². The zero-order chi connectivity index (χ0) is 17.8. The van der Waals surface area contributed by atoms with E-state index in [2.05, 4.69) is 15.4 Å². The molecule has 2 heterocycles. The smallest absolute Gasteiger partial charge is 0.267 e. The van der Waals surface area contributed by atoms with Gasteiger partial charge in [-0.2, -0.15) is 5.10 Å². The number of aromatic nitrogens is 3. The number of halogens is 1. The van der Waals surface area contributed by atoms with E-state index in [9.17, 15) is 9.59 Å². The molecule has 8 heteroatoms. The normalized spacial score (nSPS) is 10.6. The van der Waals surface area contributed by atoms with E-state index in [1.165, 1.54) is 29.7 Å². The Morgan fingerprint density at radius 2 is 2.08 bits per heavy atom. The number of amides is 1. The molecule has 0 aliphatic rings. The first-order valence-corrected chi connectivity index (χ1v) is 8.74. The maximum atomic E-state index is 12.0. The van der Waals surface area contributed by atoms with Crippen LogP contribution < -0.4 is 10.9 Å². The summed E-state index contributed by atoms with van der Waals surface area (Å²) in [7, 11) is 0. The highest BCUT2D eigenvalue weighted by Gasteiger charge is 2.13. The van der Waals surface area contributed by atoms with Crippen LogP contribution in [0.2, 0.25) is 5.02 Å². The number of carbonyl (C=O) groups excluding carboxylic acids is 1. The fourth-order valence-electron chi connectivity index (χ4n) is 2.22. The molecule has 3 rings (SSSR count). The van der Waals surface area contributed by atoms with Crippen LogP contribution in [-0.2, 0) is 17.9 Å². The van der Waals surface area contributed by atoms with Gasteiger partial charge in [-0.3, -0.25) is 9.59 Å². The SMILES string of the molecule is Cc1nc(-c2ccccc2Cl)sc1CNC(=O)Cn1ncccc1=O. The summed E-state index contributed by atoms with van der Waals surface area (Å²) >= 11 is 7.69. The number of nitrogens with one attached hydrogen (secondary N) is 1. The van der Waals surface area contributed by atoms with Gasteiger partial charge in [0, 0.05) is 22.7 Å². The summed E-state index contributed by atoms with van der Waals surface area (Å²) in [4.78, 5) is 29.1. The van der Waals surface area contributed by atoms with Crippen LogP contribution in [0.3, 0.4) is 0 Å². The number of hydrogen-bond donors (Lipinski definition) is 1. The molecule has 1 aromatic carbocycles. The lowest BCUT2D eigenvalue weighted by atomic mass is 10.2. The van der Waals surface area contributed by atoms with Gasteiger partial charge in [0.1, 0.15) is 11.6 Å². The van der Waals surface area contributed by atoms with Crippen LogP contribution in [0.4, 0.5) is 0 Å². The van der Waals surface area contributed by atoms with E-state index in [0.717, 1.165) is 25.8 Å². The third-order valence-electron chi connectivity index (χ3n) is 3.52. The summed E-state index contributed by atoms with van der Waals surface area (Å²) < 4.78 is 1.12. The molecule has 1 amide bonds. The molecule has 0 saturated heterocycles. The zero-order valence-electron chi connectivity index (χ0n) is 13.4. The van der Waals surface area contributed by atoms with Crippen molar-refractivity contribution in [3.8, 4) is 10.6 Å². The van der Waals surface area contributed by atoms with E-state index in [0.29, 0.717) is 11.6 Å². The number of hydrogen-bond acceptors (Lipinski definition) is 5. The molecule has 0 radical (unpaired) electrons. The second kappa shape index (κ2) is 7.58. The minimum atomic E-state index is -0.312. The van der Waals surface area contributed by atoms with E-state index < -0.39 is 0 Å². The lowest BCUT2D eigenvalue weighted by Gasteiger charge is -2.05. The van der Waals surface area contributed by atoms with Gasteiger partial charge in [0.05, 0.1) is 17.3 Å². The molecule has 0 saturated carbocycles. The van der Waals surface area contributed by atoms with Crippen molar-refractivity contribution in [1.29, 1.82) is 0 Å². The van der Waals surface area contributed by atoms with Crippen molar-refractivity contribution < 1.29 is 4.79 Å². The molecule has 0 spiro atoms. The van der Waals surface area contributed by atoms with Gasteiger partial charge in [-0.05, 0) is 19.1 Å². The molecule has 0 aliphatic carbocycles. The summed E-state index contributed by atoms with van der Waals surface area (Å²) in [6, 6.07) is 10.4. The van der Waals surface area contributed by atoms with Gasteiger partial charge < -0.3 is 5.32 Å². The van der Waals surface area contributed by atoms with Gasteiger partial charge >= 0.3 is 0 Å². The van der Waals surface area contributed by atoms with Crippen molar-refractivity contribution in [2.45, 2.75) is 20.0 Å². The van der Waals surface area contributed by atoms with E-state index in [-0.39, 0.29) is 18.0 Å². The van der Waals surface area contributed by atoms with Gasteiger partial charge in [0.15, 0.2) is 0 Å². The summed E-state index contributed by atoms with van der Waals surface area (Å²) in [5, 5.41) is 8.11. The molecule has 0 aliphatic heterocycles. The standard InChI is InChI=1S/C17H15ClN4O2S/c1-11-14(25-17(21-11)12-5-2-3-6-13(12)18)9-19-15(23)10-22-16(24)7-4-8-20-22/h2-8H,9-10H2,1H3,(H,19,23). The second-order valence-corrected chi connectivity index (χ2v) is 6.79. The Hall–Kier alpha value is -2.51. The molecule has 2 aromatic heterocycles.